The van der Waals surface area contributed by atoms with E-state index < -0.39 is 11.4 Å². The van der Waals surface area contributed by atoms with Crippen LogP contribution >= 0.6 is 0 Å². The molecule has 1 aromatic heterocycles. The Morgan fingerprint density at radius 3 is 2.47 bits per heavy atom. The number of hydrogen-bond acceptors (Lipinski definition) is 3. The fourth-order valence-corrected chi connectivity index (χ4v) is 0.960. The number of carboxylic acids is 1. The van der Waals surface area contributed by atoms with Crippen molar-refractivity contribution in [2.45, 2.75) is 27.3 Å². The maximum Gasteiger partial charge on any atom is 0.356 e. The van der Waals surface area contributed by atoms with Gasteiger partial charge in [0, 0.05) is 11.6 Å². The lowest BCUT2D eigenvalue weighted by molar-refractivity contribution is -0.126. The first-order valence-electron chi connectivity index (χ1n) is 4.59. The van der Waals surface area contributed by atoms with Gasteiger partial charge in [0.25, 0.3) is 0 Å². The predicted molar refractivity (Wildman–Crippen MR) is 53.6 cm³/mol. The number of carbonyl (C=O) groups is 2. The molecule has 0 spiro atoms. The smallest absolute Gasteiger partial charge is 0.356 e. The van der Waals surface area contributed by atoms with Gasteiger partial charge in [0.2, 0.25) is 0 Å². The van der Waals surface area contributed by atoms with Crippen molar-refractivity contribution in [3.63, 3.8) is 0 Å². The molecule has 0 amide bonds. The third-order valence-corrected chi connectivity index (χ3v) is 2.02. The average Bonchev–Trinajstić information content (AvgIpc) is 2.50. The van der Waals surface area contributed by atoms with Crippen LogP contribution < -0.4 is 0 Å². The quantitative estimate of drug-likeness (QED) is 0.813. The van der Waals surface area contributed by atoms with Crippen molar-refractivity contribution in [2.75, 3.05) is 0 Å². The molecule has 0 saturated heterocycles. The van der Waals surface area contributed by atoms with Crippen LogP contribution in [-0.2, 0) is 11.3 Å². The molecule has 0 unspecified atom stereocenters. The van der Waals surface area contributed by atoms with Crippen LogP contribution in [0.25, 0.3) is 0 Å². The maximum atomic E-state index is 11.6. The number of imidazole rings is 1. The van der Waals surface area contributed by atoms with Gasteiger partial charge in [-0.2, -0.15) is 0 Å². The first-order valence-corrected chi connectivity index (χ1v) is 4.59. The van der Waals surface area contributed by atoms with E-state index in [0.29, 0.717) is 0 Å². The minimum absolute atomic E-state index is 0.0387. The number of hydrogen-bond donors (Lipinski definition) is 1. The summed E-state index contributed by atoms with van der Waals surface area (Å²) in [6.45, 7) is 5.63. The molecule has 0 saturated carbocycles. The maximum absolute atomic E-state index is 11.6. The zero-order valence-electron chi connectivity index (χ0n) is 9.02. The summed E-state index contributed by atoms with van der Waals surface area (Å²) in [5.41, 5.74) is -0.468. The molecule has 5 nitrogen and oxygen atoms in total. The van der Waals surface area contributed by atoms with Gasteiger partial charge in [-0.15, -0.1) is 0 Å². The Morgan fingerprint density at radius 1 is 1.47 bits per heavy atom. The molecule has 82 valence electrons. The number of carbonyl (C=O) groups excluding carboxylic acids is 1. The highest BCUT2D eigenvalue weighted by Crippen LogP contribution is 2.15. The van der Waals surface area contributed by atoms with Crippen molar-refractivity contribution in [2.24, 2.45) is 5.41 Å². The van der Waals surface area contributed by atoms with E-state index >= 15 is 0 Å². The molecule has 0 aliphatic carbocycles. The summed E-state index contributed by atoms with van der Waals surface area (Å²) in [5, 5.41) is 8.63. The monoisotopic (exact) mass is 210 g/mol. The Hall–Kier alpha value is -1.65. The first kappa shape index (κ1) is 11.4. The van der Waals surface area contributed by atoms with E-state index in [1.54, 1.807) is 0 Å². The lowest BCUT2D eigenvalue weighted by Crippen LogP contribution is -2.24. The molecule has 15 heavy (non-hydrogen) atoms. The Morgan fingerprint density at radius 2 is 2.07 bits per heavy atom. The van der Waals surface area contributed by atoms with Gasteiger partial charge in [-0.1, -0.05) is 20.8 Å². The van der Waals surface area contributed by atoms with Crippen LogP contribution in [0, 0.1) is 5.41 Å². The van der Waals surface area contributed by atoms with Gasteiger partial charge < -0.3 is 9.67 Å². The molecule has 1 heterocycles. The summed E-state index contributed by atoms with van der Waals surface area (Å²) < 4.78 is 1.48. The largest absolute Gasteiger partial charge is 0.476 e. The molecule has 5 heteroatoms. The third-order valence-electron chi connectivity index (χ3n) is 2.02. The number of ketones is 1. The topological polar surface area (TPSA) is 72.2 Å². The van der Waals surface area contributed by atoms with E-state index in [2.05, 4.69) is 4.98 Å². The van der Waals surface area contributed by atoms with E-state index in [0.717, 1.165) is 0 Å². The van der Waals surface area contributed by atoms with Crippen molar-refractivity contribution in [1.82, 2.24) is 9.55 Å². The standard InChI is InChI=1S/C10H14N2O3/c1-10(2,3)8(13)5-12-4-7(9(14)15)11-6-12/h4,6H,5H2,1-3H3,(H,14,15). The van der Waals surface area contributed by atoms with Gasteiger partial charge in [0.15, 0.2) is 11.5 Å². The van der Waals surface area contributed by atoms with Crippen LogP contribution in [-0.4, -0.2) is 26.4 Å². The van der Waals surface area contributed by atoms with Gasteiger partial charge in [0.1, 0.15) is 0 Å². The molecule has 0 aliphatic heterocycles. The van der Waals surface area contributed by atoms with Crippen LogP contribution in [0.15, 0.2) is 12.5 Å². The fourth-order valence-electron chi connectivity index (χ4n) is 0.960. The van der Waals surface area contributed by atoms with Gasteiger partial charge in [-0.05, 0) is 0 Å². The van der Waals surface area contributed by atoms with Crippen LogP contribution in [0.3, 0.4) is 0 Å². The Kier molecular flexibility index (Phi) is 2.93. The second-order valence-electron chi connectivity index (χ2n) is 4.41. The van der Waals surface area contributed by atoms with Crippen LogP contribution in [0.4, 0.5) is 0 Å². The second-order valence-corrected chi connectivity index (χ2v) is 4.41. The van der Waals surface area contributed by atoms with E-state index in [9.17, 15) is 9.59 Å². The van der Waals surface area contributed by atoms with Crippen molar-refractivity contribution < 1.29 is 14.7 Å². The van der Waals surface area contributed by atoms with Crippen molar-refractivity contribution >= 4 is 11.8 Å². The first-order chi connectivity index (χ1) is 6.80. The van der Waals surface area contributed by atoms with E-state index in [4.69, 9.17) is 5.11 Å². The number of aromatic carboxylic acids is 1. The lowest BCUT2D eigenvalue weighted by atomic mass is 9.91. The minimum Gasteiger partial charge on any atom is -0.476 e. The van der Waals surface area contributed by atoms with Crippen LogP contribution in [0.5, 0.6) is 0 Å². The van der Waals surface area contributed by atoms with Crippen LogP contribution in [0.2, 0.25) is 0 Å². The molecule has 1 rings (SSSR count). The molecule has 0 bridgehead atoms. The highest BCUT2D eigenvalue weighted by Gasteiger charge is 2.21. The third kappa shape index (κ3) is 2.90. The van der Waals surface area contributed by atoms with Crippen molar-refractivity contribution in [1.29, 1.82) is 0 Å². The Labute approximate surface area is 87.7 Å². The van der Waals surface area contributed by atoms with E-state index in [1.165, 1.54) is 17.1 Å². The number of carboxylic acid groups (broad SMARTS) is 1. The number of rotatable bonds is 3. The molecule has 0 fully saturated rings. The van der Waals surface area contributed by atoms with Crippen LogP contribution in [0.1, 0.15) is 31.3 Å². The molecular formula is C10H14N2O3. The normalized spacial score (nSPS) is 11.4. The van der Waals surface area contributed by atoms with E-state index in [1.807, 2.05) is 20.8 Å². The zero-order chi connectivity index (χ0) is 11.6. The Balaban J connectivity index is 2.74. The second kappa shape index (κ2) is 3.84. The van der Waals surface area contributed by atoms with Gasteiger partial charge in [-0.25, -0.2) is 9.78 Å². The molecule has 0 aliphatic rings. The Bertz CT molecular complexity index is 388. The van der Waals surface area contributed by atoms with Gasteiger partial charge in [0.05, 0.1) is 12.9 Å². The minimum atomic E-state index is -1.09. The highest BCUT2D eigenvalue weighted by atomic mass is 16.4. The SMILES string of the molecule is CC(C)(C)C(=O)Cn1cnc(C(=O)O)c1. The average molecular weight is 210 g/mol. The van der Waals surface area contributed by atoms with Gasteiger partial charge in [-0.3, -0.25) is 4.79 Å². The highest BCUT2D eigenvalue weighted by molar-refractivity contribution is 5.86. The molecule has 0 radical (unpaired) electrons. The summed E-state index contributed by atoms with van der Waals surface area (Å²) in [5.74, 6) is -1.05. The summed E-state index contributed by atoms with van der Waals surface area (Å²) in [7, 11) is 0. The predicted octanol–water partition coefficient (Wildman–Crippen LogP) is 1.20. The summed E-state index contributed by atoms with van der Waals surface area (Å²) in [6.07, 6.45) is 2.71. The fraction of sp³-hybridized carbons (Fsp3) is 0.500. The van der Waals surface area contributed by atoms with Crippen molar-refractivity contribution in [3.05, 3.63) is 18.2 Å². The summed E-state index contributed by atoms with van der Waals surface area (Å²) in [6, 6.07) is 0. The number of nitrogens with zero attached hydrogens (tertiary/aromatic N) is 2. The molecule has 0 atom stereocenters. The number of aromatic nitrogens is 2. The molecule has 1 aromatic rings. The van der Waals surface area contributed by atoms with Gasteiger partial charge >= 0.3 is 5.97 Å². The molecule has 1 N–H and O–H groups in total. The lowest BCUT2D eigenvalue weighted by Gasteiger charge is -2.16. The van der Waals surface area contributed by atoms with Crippen molar-refractivity contribution in [3.8, 4) is 0 Å². The zero-order valence-corrected chi connectivity index (χ0v) is 9.02. The number of Topliss-reactive ketones (excluding diaryl/α,β-unsaturated/α-hetero) is 1. The summed E-state index contributed by atoms with van der Waals surface area (Å²) in [4.78, 5) is 25.8. The van der Waals surface area contributed by atoms with E-state index in [-0.39, 0.29) is 18.0 Å². The summed E-state index contributed by atoms with van der Waals surface area (Å²) >= 11 is 0. The molecule has 0 aromatic carbocycles. The molecular weight excluding hydrogens is 196 g/mol.